The van der Waals surface area contributed by atoms with Crippen molar-refractivity contribution in [3.8, 4) is 0 Å². The van der Waals surface area contributed by atoms with Gasteiger partial charge in [0.1, 0.15) is 5.60 Å². The predicted molar refractivity (Wildman–Crippen MR) is 108 cm³/mol. The number of amides is 1. The van der Waals surface area contributed by atoms with Crippen molar-refractivity contribution in [3.63, 3.8) is 0 Å². The van der Waals surface area contributed by atoms with Crippen molar-refractivity contribution in [2.45, 2.75) is 44.6 Å². The lowest BCUT2D eigenvalue weighted by Gasteiger charge is -2.31. The zero-order valence-corrected chi connectivity index (χ0v) is 17.4. The molecule has 3 rings (SSSR count). The van der Waals surface area contributed by atoms with Crippen LogP contribution in [0.2, 0.25) is 0 Å². The fourth-order valence-electron chi connectivity index (χ4n) is 3.74. The van der Waals surface area contributed by atoms with E-state index in [1.165, 1.54) is 11.1 Å². The highest BCUT2D eigenvalue weighted by Crippen LogP contribution is 2.45. The zero-order chi connectivity index (χ0) is 18.9. The molecule has 1 amide bonds. The van der Waals surface area contributed by atoms with Gasteiger partial charge in [-0.15, -0.1) is 0 Å². The number of likely N-dealkylation sites (tertiary alicyclic amines) is 1. The van der Waals surface area contributed by atoms with E-state index >= 15 is 0 Å². The second-order valence-corrected chi connectivity index (χ2v) is 9.16. The third kappa shape index (κ3) is 3.96. The van der Waals surface area contributed by atoms with Gasteiger partial charge in [0.15, 0.2) is 0 Å². The molecule has 0 aliphatic carbocycles. The highest BCUT2D eigenvalue weighted by atomic mass is 79.9. The first kappa shape index (κ1) is 19.0. The Morgan fingerprint density at radius 2 is 1.73 bits per heavy atom. The molecule has 3 nitrogen and oxygen atoms in total. The first-order valence-electron chi connectivity index (χ1n) is 8.98. The summed E-state index contributed by atoms with van der Waals surface area (Å²) in [4.78, 5) is 14.6. The van der Waals surface area contributed by atoms with E-state index in [0.717, 1.165) is 4.47 Å². The van der Waals surface area contributed by atoms with Gasteiger partial charge in [-0.05, 0) is 44.0 Å². The molecular weight excluding hydrogens is 390 g/mol. The number of hydrogen-bond donors (Lipinski definition) is 0. The second kappa shape index (κ2) is 7.07. The summed E-state index contributed by atoms with van der Waals surface area (Å²) < 4.78 is 6.69. The van der Waals surface area contributed by atoms with Gasteiger partial charge < -0.3 is 9.64 Å². The van der Waals surface area contributed by atoms with E-state index in [-0.39, 0.29) is 17.4 Å². The molecule has 26 heavy (non-hydrogen) atoms. The van der Waals surface area contributed by atoms with Gasteiger partial charge >= 0.3 is 6.09 Å². The van der Waals surface area contributed by atoms with Gasteiger partial charge in [-0.25, -0.2) is 4.79 Å². The molecule has 1 saturated heterocycles. The van der Waals surface area contributed by atoms with Crippen LogP contribution in [0.1, 0.15) is 44.7 Å². The zero-order valence-electron chi connectivity index (χ0n) is 15.8. The maximum absolute atomic E-state index is 12.7. The number of carbonyl (C=O) groups excluding carboxylic acids is 1. The molecule has 4 heteroatoms. The monoisotopic (exact) mass is 415 g/mol. The van der Waals surface area contributed by atoms with Crippen LogP contribution in [0.5, 0.6) is 0 Å². The number of nitrogens with zero attached hydrogens (tertiary/aromatic N) is 1. The van der Waals surface area contributed by atoms with Crippen LogP contribution in [-0.4, -0.2) is 29.7 Å². The molecule has 2 aromatic rings. The molecule has 138 valence electrons. The smallest absolute Gasteiger partial charge is 0.410 e. The van der Waals surface area contributed by atoms with Crippen LogP contribution in [0.4, 0.5) is 4.79 Å². The van der Waals surface area contributed by atoms with Crippen molar-refractivity contribution in [3.05, 3.63) is 70.2 Å². The summed E-state index contributed by atoms with van der Waals surface area (Å²) in [6.45, 7) is 9.27. The van der Waals surface area contributed by atoms with Gasteiger partial charge in [-0.3, -0.25) is 0 Å². The minimum Gasteiger partial charge on any atom is -0.444 e. The summed E-state index contributed by atoms with van der Waals surface area (Å²) in [7, 11) is 0. The number of ether oxygens (including phenoxy) is 1. The van der Waals surface area contributed by atoms with E-state index in [1.807, 2.05) is 31.7 Å². The number of carbonyl (C=O) groups is 1. The first-order valence-corrected chi connectivity index (χ1v) is 9.77. The molecule has 2 unspecified atom stereocenters. The van der Waals surface area contributed by atoms with Gasteiger partial charge in [-0.2, -0.15) is 0 Å². The number of hydrogen-bond acceptors (Lipinski definition) is 2. The Kier molecular flexibility index (Phi) is 5.16. The summed E-state index contributed by atoms with van der Waals surface area (Å²) in [5.74, 6) is 0.220. The van der Waals surface area contributed by atoms with E-state index in [0.29, 0.717) is 13.1 Å². The lowest BCUT2D eigenvalue weighted by molar-refractivity contribution is 0.0284. The van der Waals surface area contributed by atoms with E-state index < -0.39 is 5.60 Å². The van der Waals surface area contributed by atoms with Crippen LogP contribution in [0.15, 0.2) is 59.1 Å². The molecule has 1 heterocycles. The quantitative estimate of drug-likeness (QED) is 0.625. The van der Waals surface area contributed by atoms with E-state index in [2.05, 4.69) is 71.4 Å². The second-order valence-electron chi connectivity index (χ2n) is 8.25. The fourth-order valence-corrected chi connectivity index (χ4v) is 4.00. The normalized spacial score (nSPS) is 23.1. The molecule has 0 radical (unpaired) electrons. The highest BCUT2D eigenvalue weighted by molar-refractivity contribution is 9.10. The van der Waals surface area contributed by atoms with Gasteiger partial charge in [0.2, 0.25) is 0 Å². The van der Waals surface area contributed by atoms with Gasteiger partial charge in [0, 0.05) is 28.9 Å². The number of rotatable bonds is 2. The van der Waals surface area contributed by atoms with Crippen molar-refractivity contribution in [1.29, 1.82) is 0 Å². The minimum atomic E-state index is -0.490. The Labute approximate surface area is 164 Å². The van der Waals surface area contributed by atoms with Crippen molar-refractivity contribution < 1.29 is 9.53 Å². The van der Waals surface area contributed by atoms with E-state index in [9.17, 15) is 4.79 Å². The van der Waals surface area contributed by atoms with Crippen LogP contribution in [0, 0.1) is 0 Å². The van der Waals surface area contributed by atoms with Crippen LogP contribution >= 0.6 is 15.9 Å². The maximum Gasteiger partial charge on any atom is 0.410 e. The molecule has 2 aromatic carbocycles. The highest BCUT2D eigenvalue weighted by Gasteiger charge is 2.47. The fraction of sp³-hybridized carbons (Fsp3) is 0.409. The molecule has 1 fully saturated rings. The summed E-state index contributed by atoms with van der Waals surface area (Å²) in [5.41, 5.74) is 1.83. The van der Waals surface area contributed by atoms with Gasteiger partial charge in [0.25, 0.3) is 0 Å². The van der Waals surface area contributed by atoms with Crippen LogP contribution in [0.3, 0.4) is 0 Å². The van der Waals surface area contributed by atoms with Crippen molar-refractivity contribution in [2.75, 3.05) is 13.1 Å². The Bertz CT molecular complexity index is 767. The SMILES string of the molecule is CC(C)(C)OC(=O)N1CC(c2ccccc2)C(C)(c2ccc(Br)cc2)C1. The van der Waals surface area contributed by atoms with Crippen molar-refractivity contribution in [1.82, 2.24) is 4.90 Å². The summed E-state index contributed by atoms with van der Waals surface area (Å²) in [6, 6.07) is 18.9. The molecule has 2 atom stereocenters. The molecule has 1 aliphatic heterocycles. The lowest BCUT2D eigenvalue weighted by Crippen LogP contribution is -2.37. The van der Waals surface area contributed by atoms with Crippen molar-refractivity contribution in [2.24, 2.45) is 0 Å². The molecule has 0 N–H and O–H groups in total. The summed E-state index contributed by atoms with van der Waals surface area (Å²) in [5, 5.41) is 0. The van der Waals surface area contributed by atoms with Crippen LogP contribution in [-0.2, 0) is 10.2 Å². The minimum absolute atomic E-state index is 0.168. The first-order chi connectivity index (χ1) is 12.2. The summed E-state index contributed by atoms with van der Waals surface area (Å²) in [6.07, 6.45) is -0.237. The molecular formula is C22H26BrNO2. The molecule has 0 bridgehead atoms. The third-order valence-corrected chi connectivity index (χ3v) is 5.58. The molecule has 0 aromatic heterocycles. The molecule has 0 spiro atoms. The Hall–Kier alpha value is -1.81. The largest absolute Gasteiger partial charge is 0.444 e. The number of halogens is 1. The third-order valence-electron chi connectivity index (χ3n) is 5.05. The van der Waals surface area contributed by atoms with Crippen molar-refractivity contribution >= 4 is 22.0 Å². The molecule has 0 saturated carbocycles. The Morgan fingerprint density at radius 1 is 1.12 bits per heavy atom. The van der Waals surface area contributed by atoms with Gasteiger partial charge in [0.05, 0.1) is 0 Å². The van der Waals surface area contributed by atoms with E-state index in [4.69, 9.17) is 4.74 Å². The molecule has 1 aliphatic rings. The number of benzene rings is 2. The van der Waals surface area contributed by atoms with Gasteiger partial charge in [-0.1, -0.05) is 65.3 Å². The van der Waals surface area contributed by atoms with Crippen LogP contribution in [0.25, 0.3) is 0 Å². The standard InChI is InChI=1S/C22H26BrNO2/c1-21(2,3)26-20(25)24-14-19(16-8-6-5-7-9-16)22(4,15-24)17-10-12-18(23)13-11-17/h5-13,19H,14-15H2,1-4H3. The average Bonchev–Trinajstić information content (AvgIpc) is 2.94. The average molecular weight is 416 g/mol. The van der Waals surface area contributed by atoms with Crippen LogP contribution < -0.4 is 0 Å². The lowest BCUT2D eigenvalue weighted by atomic mass is 9.71. The topological polar surface area (TPSA) is 29.5 Å². The maximum atomic E-state index is 12.7. The Morgan fingerprint density at radius 3 is 2.31 bits per heavy atom. The summed E-state index contributed by atoms with van der Waals surface area (Å²) >= 11 is 3.52. The Balaban J connectivity index is 1.96. The predicted octanol–water partition coefficient (Wildman–Crippen LogP) is 5.74. The van der Waals surface area contributed by atoms with E-state index in [1.54, 1.807) is 0 Å².